The number of carbonyl (C=O) groups excluding carboxylic acids is 1. The van der Waals surface area contributed by atoms with Crippen molar-refractivity contribution in [3.05, 3.63) is 34.3 Å². The first-order valence-electron chi connectivity index (χ1n) is 5.75. The van der Waals surface area contributed by atoms with Gasteiger partial charge in [-0.15, -0.1) is 0 Å². The highest BCUT2D eigenvalue weighted by Gasteiger charge is 2.15. The summed E-state index contributed by atoms with van der Waals surface area (Å²) in [7, 11) is 0. The fourth-order valence-electron chi connectivity index (χ4n) is 1.44. The van der Waals surface area contributed by atoms with Gasteiger partial charge in [-0.3, -0.25) is 4.79 Å². The van der Waals surface area contributed by atoms with E-state index in [1.54, 1.807) is 18.2 Å². The number of nitrogens with one attached hydrogen (secondary N) is 1. The van der Waals surface area contributed by atoms with E-state index in [1.807, 2.05) is 13.8 Å². The second-order valence-electron chi connectivity index (χ2n) is 5.10. The molecule has 4 N–H and O–H groups in total. The summed E-state index contributed by atoms with van der Waals surface area (Å²) in [6, 6.07) is 5.00. The molecule has 1 aromatic carbocycles. The summed E-state index contributed by atoms with van der Waals surface area (Å²) in [5, 5.41) is 12.9. The summed E-state index contributed by atoms with van der Waals surface area (Å²) < 4.78 is 0. The average Bonchev–Trinajstić information content (AvgIpc) is 2.31. The number of halogens is 1. The molecule has 0 heterocycles. The van der Waals surface area contributed by atoms with Gasteiger partial charge in [-0.2, -0.15) is 0 Å². The van der Waals surface area contributed by atoms with Crippen LogP contribution in [0.25, 0.3) is 0 Å². The molecule has 0 aliphatic rings. The Morgan fingerprint density at radius 2 is 2.17 bits per heavy atom. The maximum absolute atomic E-state index is 11.0. The van der Waals surface area contributed by atoms with E-state index in [-0.39, 0.29) is 12.0 Å². The van der Waals surface area contributed by atoms with Crippen molar-refractivity contribution in [2.75, 3.05) is 13.2 Å². The van der Waals surface area contributed by atoms with Crippen molar-refractivity contribution in [1.29, 1.82) is 0 Å². The van der Waals surface area contributed by atoms with Gasteiger partial charge in [-0.1, -0.05) is 31.5 Å². The highest BCUT2D eigenvalue weighted by atomic mass is 35.5. The van der Waals surface area contributed by atoms with Gasteiger partial charge in [-0.25, -0.2) is 0 Å². The Bertz CT molecular complexity index is 433. The molecular formula is C13H19ClN2O2. The molecule has 0 saturated heterocycles. The molecule has 1 amide bonds. The zero-order valence-electron chi connectivity index (χ0n) is 10.7. The topological polar surface area (TPSA) is 75.3 Å². The van der Waals surface area contributed by atoms with Crippen LogP contribution in [0.4, 0.5) is 0 Å². The highest BCUT2D eigenvalue weighted by molar-refractivity contribution is 6.31. The Morgan fingerprint density at radius 3 is 2.67 bits per heavy atom. The number of nitrogens with two attached hydrogens (primary N) is 1. The zero-order chi connectivity index (χ0) is 13.8. The molecule has 4 nitrogen and oxygen atoms in total. The quantitative estimate of drug-likeness (QED) is 0.734. The van der Waals surface area contributed by atoms with E-state index in [9.17, 15) is 4.79 Å². The van der Waals surface area contributed by atoms with Crippen LogP contribution in [0.2, 0.25) is 5.02 Å². The summed E-state index contributed by atoms with van der Waals surface area (Å²) in [6.45, 7) is 5.32. The molecule has 1 rings (SSSR count). The third-order valence-corrected chi connectivity index (χ3v) is 3.04. The Kier molecular flexibility index (Phi) is 5.14. The average molecular weight is 271 g/mol. The molecule has 100 valence electrons. The fraction of sp³-hybridized carbons (Fsp3) is 0.462. The minimum Gasteiger partial charge on any atom is -0.396 e. The van der Waals surface area contributed by atoms with Gasteiger partial charge in [0.05, 0.1) is 0 Å². The van der Waals surface area contributed by atoms with E-state index in [0.29, 0.717) is 23.7 Å². The van der Waals surface area contributed by atoms with Gasteiger partial charge in [0.15, 0.2) is 0 Å². The second kappa shape index (κ2) is 6.18. The van der Waals surface area contributed by atoms with Crippen LogP contribution in [-0.2, 0) is 6.54 Å². The third kappa shape index (κ3) is 4.29. The van der Waals surface area contributed by atoms with Gasteiger partial charge in [0.25, 0.3) is 0 Å². The molecule has 0 saturated carbocycles. The molecule has 0 fully saturated rings. The van der Waals surface area contributed by atoms with Gasteiger partial charge in [0.2, 0.25) is 5.91 Å². The SMILES string of the molecule is CC(C)(CO)CNCc1ccc(C(N)=O)cc1Cl. The lowest BCUT2D eigenvalue weighted by atomic mass is 9.95. The number of hydrogen-bond donors (Lipinski definition) is 3. The van der Waals surface area contributed by atoms with Crippen LogP contribution in [0.5, 0.6) is 0 Å². The molecule has 0 aliphatic heterocycles. The normalized spacial score (nSPS) is 11.6. The minimum atomic E-state index is -0.488. The Labute approximate surface area is 112 Å². The summed E-state index contributed by atoms with van der Waals surface area (Å²) in [4.78, 5) is 11.0. The molecule has 0 radical (unpaired) electrons. The Morgan fingerprint density at radius 1 is 1.50 bits per heavy atom. The summed E-state index contributed by atoms with van der Waals surface area (Å²) in [6.07, 6.45) is 0. The van der Waals surface area contributed by atoms with E-state index in [2.05, 4.69) is 5.32 Å². The van der Waals surface area contributed by atoms with Gasteiger partial charge >= 0.3 is 0 Å². The number of primary amides is 1. The van der Waals surface area contributed by atoms with Crippen molar-refractivity contribution >= 4 is 17.5 Å². The highest BCUT2D eigenvalue weighted by Crippen LogP contribution is 2.18. The maximum Gasteiger partial charge on any atom is 0.248 e. The Hall–Kier alpha value is -1.10. The largest absolute Gasteiger partial charge is 0.396 e. The summed E-state index contributed by atoms with van der Waals surface area (Å²) in [5.41, 5.74) is 6.30. The van der Waals surface area contributed by atoms with Crippen molar-refractivity contribution in [1.82, 2.24) is 5.32 Å². The molecular weight excluding hydrogens is 252 g/mol. The minimum absolute atomic E-state index is 0.119. The van der Waals surface area contributed by atoms with E-state index in [4.69, 9.17) is 22.4 Å². The molecule has 1 aromatic rings. The number of hydrogen-bond acceptors (Lipinski definition) is 3. The maximum atomic E-state index is 11.0. The third-order valence-electron chi connectivity index (χ3n) is 2.68. The first kappa shape index (κ1) is 15.0. The lowest BCUT2D eigenvalue weighted by Gasteiger charge is -2.22. The second-order valence-corrected chi connectivity index (χ2v) is 5.50. The zero-order valence-corrected chi connectivity index (χ0v) is 11.4. The van der Waals surface area contributed by atoms with Crippen molar-refractivity contribution in [3.8, 4) is 0 Å². The Balaban J connectivity index is 2.61. The lowest BCUT2D eigenvalue weighted by Crippen LogP contribution is -2.31. The number of rotatable bonds is 6. The van der Waals surface area contributed by atoms with Gasteiger partial charge < -0.3 is 16.2 Å². The van der Waals surface area contributed by atoms with Crippen LogP contribution in [0.1, 0.15) is 29.8 Å². The molecule has 0 aliphatic carbocycles. The molecule has 0 bridgehead atoms. The van der Waals surface area contributed by atoms with E-state index < -0.39 is 5.91 Å². The number of aliphatic hydroxyl groups excluding tert-OH is 1. The number of aliphatic hydroxyl groups is 1. The monoisotopic (exact) mass is 270 g/mol. The van der Waals surface area contributed by atoms with Gasteiger partial charge in [0.1, 0.15) is 0 Å². The molecule has 5 heteroatoms. The van der Waals surface area contributed by atoms with Crippen molar-refractivity contribution < 1.29 is 9.90 Å². The summed E-state index contributed by atoms with van der Waals surface area (Å²) >= 11 is 6.06. The summed E-state index contributed by atoms with van der Waals surface area (Å²) in [5.74, 6) is -0.488. The van der Waals surface area contributed by atoms with Crippen molar-refractivity contribution in [2.24, 2.45) is 11.1 Å². The molecule has 0 aromatic heterocycles. The first-order chi connectivity index (χ1) is 8.35. The number of carbonyl (C=O) groups is 1. The molecule has 0 unspecified atom stereocenters. The first-order valence-corrected chi connectivity index (χ1v) is 6.13. The smallest absolute Gasteiger partial charge is 0.248 e. The standard InChI is InChI=1S/C13H19ClN2O2/c1-13(2,8-17)7-16-6-10-4-3-9(12(15)18)5-11(10)14/h3-5,16-17H,6-8H2,1-2H3,(H2,15,18). The van der Waals surface area contributed by atoms with Crippen LogP contribution in [0.3, 0.4) is 0 Å². The predicted molar refractivity (Wildman–Crippen MR) is 72.5 cm³/mol. The van der Waals surface area contributed by atoms with E-state index >= 15 is 0 Å². The van der Waals surface area contributed by atoms with Crippen LogP contribution < -0.4 is 11.1 Å². The van der Waals surface area contributed by atoms with E-state index in [0.717, 1.165) is 5.56 Å². The fourth-order valence-corrected chi connectivity index (χ4v) is 1.68. The van der Waals surface area contributed by atoms with Crippen LogP contribution in [0.15, 0.2) is 18.2 Å². The van der Waals surface area contributed by atoms with Gasteiger partial charge in [0, 0.05) is 35.7 Å². The predicted octanol–water partition coefficient (Wildman–Crippen LogP) is 1.55. The van der Waals surface area contributed by atoms with E-state index in [1.165, 1.54) is 0 Å². The van der Waals surface area contributed by atoms with Crippen molar-refractivity contribution in [2.45, 2.75) is 20.4 Å². The molecule has 0 atom stereocenters. The van der Waals surface area contributed by atoms with Crippen LogP contribution in [0, 0.1) is 5.41 Å². The molecule has 18 heavy (non-hydrogen) atoms. The van der Waals surface area contributed by atoms with Gasteiger partial charge in [-0.05, 0) is 17.7 Å². The van der Waals surface area contributed by atoms with Crippen LogP contribution >= 0.6 is 11.6 Å². The van der Waals surface area contributed by atoms with Crippen molar-refractivity contribution in [3.63, 3.8) is 0 Å². The lowest BCUT2D eigenvalue weighted by molar-refractivity contribution is 0.100. The molecule has 0 spiro atoms. The number of amides is 1. The van der Waals surface area contributed by atoms with Crippen LogP contribution in [-0.4, -0.2) is 24.2 Å². The number of benzene rings is 1.